The molecule has 2 heterocycles. The minimum absolute atomic E-state index is 0.217. The Morgan fingerprint density at radius 2 is 2.00 bits per heavy atom. The van der Waals surface area contributed by atoms with Gasteiger partial charge in [-0.05, 0) is 23.8 Å². The first-order valence-corrected chi connectivity index (χ1v) is 6.31. The molecule has 6 heteroatoms. The van der Waals surface area contributed by atoms with Gasteiger partial charge >= 0.3 is 5.97 Å². The zero-order chi connectivity index (χ0) is 14.8. The van der Waals surface area contributed by atoms with Crippen molar-refractivity contribution in [1.29, 1.82) is 0 Å². The molecule has 0 aliphatic heterocycles. The number of halogens is 1. The molecule has 0 radical (unpaired) electrons. The number of imidazole rings is 1. The van der Waals surface area contributed by atoms with E-state index in [-0.39, 0.29) is 11.5 Å². The van der Waals surface area contributed by atoms with Crippen molar-refractivity contribution in [2.45, 2.75) is 6.54 Å². The van der Waals surface area contributed by atoms with Gasteiger partial charge in [-0.1, -0.05) is 12.1 Å². The number of nitrogens with zero attached hydrogens (tertiary/aromatic N) is 3. The fourth-order valence-electron chi connectivity index (χ4n) is 2.17. The van der Waals surface area contributed by atoms with Crippen LogP contribution in [-0.2, 0) is 11.3 Å². The quantitative estimate of drug-likeness (QED) is 0.693. The molecule has 0 bridgehead atoms. The highest BCUT2D eigenvalue weighted by molar-refractivity contribution is 5.99. The highest BCUT2D eigenvalue weighted by atomic mass is 19.1. The van der Waals surface area contributed by atoms with E-state index in [9.17, 15) is 9.18 Å². The lowest BCUT2D eigenvalue weighted by Gasteiger charge is -2.07. The van der Waals surface area contributed by atoms with E-state index >= 15 is 0 Å². The average Bonchev–Trinajstić information content (AvgIpc) is 2.92. The Bertz CT molecular complexity index is 796. The van der Waals surface area contributed by atoms with Crippen LogP contribution >= 0.6 is 0 Å². The van der Waals surface area contributed by atoms with Crippen LogP contribution in [0.5, 0.6) is 0 Å². The molecule has 106 valence electrons. The first-order chi connectivity index (χ1) is 10.2. The molecule has 0 saturated carbocycles. The fraction of sp³-hybridized carbons (Fsp3) is 0.133. The number of hydrogen-bond acceptors (Lipinski definition) is 4. The van der Waals surface area contributed by atoms with Gasteiger partial charge in [-0.15, -0.1) is 0 Å². The van der Waals surface area contributed by atoms with Crippen molar-refractivity contribution in [3.63, 3.8) is 0 Å². The standard InChI is InChI=1S/C15H12FN3O2/c1-21-15(20)13-14-12(6-7-17-13)18-9-19(14)8-10-2-4-11(16)5-3-10/h2-7,9H,8H2,1H3. The summed E-state index contributed by atoms with van der Waals surface area (Å²) in [5.74, 6) is -0.799. The molecular weight excluding hydrogens is 273 g/mol. The van der Waals surface area contributed by atoms with Gasteiger partial charge in [-0.25, -0.2) is 19.2 Å². The number of carbonyl (C=O) groups excluding carboxylic acids is 1. The molecule has 5 nitrogen and oxygen atoms in total. The Morgan fingerprint density at radius 1 is 1.24 bits per heavy atom. The molecule has 3 rings (SSSR count). The molecule has 3 aromatic rings. The summed E-state index contributed by atoms with van der Waals surface area (Å²) in [6.07, 6.45) is 3.14. The number of methoxy groups -OCH3 is 1. The average molecular weight is 285 g/mol. The largest absolute Gasteiger partial charge is 0.464 e. The third-order valence-corrected chi connectivity index (χ3v) is 3.17. The summed E-state index contributed by atoms with van der Waals surface area (Å²) in [7, 11) is 1.31. The summed E-state index contributed by atoms with van der Waals surface area (Å²) in [4.78, 5) is 20.1. The molecule has 0 fully saturated rings. The molecular formula is C15H12FN3O2. The van der Waals surface area contributed by atoms with E-state index in [2.05, 4.69) is 9.97 Å². The first kappa shape index (κ1) is 13.2. The molecule has 0 saturated heterocycles. The van der Waals surface area contributed by atoms with E-state index in [0.29, 0.717) is 17.6 Å². The van der Waals surface area contributed by atoms with Crippen molar-refractivity contribution < 1.29 is 13.9 Å². The van der Waals surface area contributed by atoms with E-state index in [1.165, 1.54) is 25.4 Å². The maximum Gasteiger partial charge on any atom is 0.358 e. The molecule has 0 aliphatic carbocycles. The molecule has 0 N–H and O–H groups in total. The monoisotopic (exact) mass is 285 g/mol. The smallest absolute Gasteiger partial charge is 0.358 e. The molecule has 0 unspecified atom stereocenters. The molecule has 21 heavy (non-hydrogen) atoms. The van der Waals surface area contributed by atoms with E-state index in [1.807, 2.05) is 0 Å². The van der Waals surface area contributed by atoms with Gasteiger partial charge in [0.15, 0.2) is 5.69 Å². The van der Waals surface area contributed by atoms with Crippen molar-refractivity contribution in [3.05, 3.63) is 59.9 Å². The number of ether oxygens (including phenoxy) is 1. The molecule has 0 atom stereocenters. The van der Waals surface area contributed by atoms with Crippen molar-refractivity contribution in [1.82, 2.24) is 14.5 Å². The van der Waals surface area contributed by atoms with Gasteiger partial charge in [-0.2, -0.15) is 0 Å². The fourth-order valence-corrected chi connectivity index (χ4v) is 2.17. The minimum Gasteiger partial charge on any atom is -0.464 e. The van der Waals surface area contributed by atoms with Crippen molar-refractivity contribution in [2.75, 3.05) is 7.11 Å². The van der Waals surface area contributed by atoms with Crippen LogP contribution in [0.25, 0.3) is 11.0 Å². The van der Waals surface area contributed by atoms with Crippen LogP contribution in [0.15, 0.2) is 42.9 Å². The van der Waals surface area contributed by atoms with E-state index < -0.39 is 5.97 Å². The number of benzene rings is 1. The lowest BCUT2D eigenvalue weighted by Crippen LogP contribution is -2.08. The lowest BCUT2D eigenvalue weighted by molar-refractivity contribution is 0.0596. The van der Waals surface area contributed by atoms with Crippen LogP contribution in [0.3, 0.4) is 0 Å². The zero-order valence-electron chi connectivity index (χ0n) is 11.3. The summed E-state index contributed by atoms with van der Waals surface area (Å²) >= 11 is 0. The summed E-state index contributed by atoms with van der Waals surface area (Å²) < 4.78 is 19.5. The maximum atomic E-state index is 12.9. The van der Waals surface area contributed by atoms with Crippen LogP contribution in [0.2, 0.25) is 0 Å². The second kappa shape index (κ2) is 5.32. The highest BCUT2D eigenvalue weighted by Crippen LogP contribution is 2.18. The molecule has 0 spiro atoms. The Hall–Kier alpha value is -2.76. The van der Waals surface area contributed by atoms with Crippen molar-refractivity contribution in [2.24, 2.45) is 0 Å². The van der Waals surface area contributed by atoms with Gasteiger partial charge in [0.25, 0.3) is 0 Å². The molecule has 0 amide bonds. The van der Waals surface area contributed by atoms with Gasteiger partial charge in [0.1, 0.15) is 11.3 Å². The minimum atomic E-state index is -0.513. The summed E-state index contributed by atoms with van der Waals surface area (Å²) in [5.41, 5.74) is 2.38. The van der Waals surface area contributed by atoms with Gasteiger partial charge < -0.3 is 9.30 Å². The Balaban J connectivity index is 2.06. The van der Waals surface area contributed by atoms with Gasteiger partial charge in [0, 0.05) is 12.7 Å². The molecule has 0 aliphatic rings. The predicted octanol–water partition coefficient (Wildman–Crippen LogP) is 2.41. The number of pyridine rings is 1. The van der Waals surface area contributed by atoms with E-state index in [0.717, 1.165) is 5.56 Å². The van der Waals surface area contributed by atoms with Crippen LogP contribution in [0.1, 0.15) is 16.1 Å². The van der Waals surface area contributed by atoms with Crippen molar-refractivity contribution in [3.8, 4) is 0 Å². The Kier molecular flexibility index (Phi) is 3.35. The SMILES string of the molecule is COC(=O)c1nccc2ncn(Cc3ccc(F)cc3)c12. The predicted molar refractivity (Wildman–Crippen MR) is 74.4 cm³/mol. The highest BCUT2D eigenvalue weighted by Gasteiger charge is 2.16. The van der Waals surface area contributed by atoms with Crippen LogP contribution in [-0.4, -0.2) is 27.6 Å². The van der Waals surface area contributed by atoms with E-state index in [4.69, 9.17) is 4.74 Å². The second-order valence-electron chi connectivity index (χ2n) is 4.52. The van der Waals surface area contributed by atoms with Crippen LogP contribution in [0, 0.1) is 5.82 Å². The number of carbonyl (C=O) groups is 1. The second-order valence-corrected chi connectivity index (χ2v) is 4.52. The topological polar surface area (TPSA) is 57.0 Å². The number of aromatic nitrogens is 3. The number of rotatable bonds is 3. The molecule has 1 aromatic carbocycles. The maximum absolute atomic E-state index is 12.9. The van der Waals surface area contributed by atoms with Crippen LogP contribution in [0.4, 0.5) is 4.39 Å². The lowest BCUT2D eigenvalue weighted by atomic mass is 10.2. The molecule has 2 aromatic heterocycles. The Labute approximate surface area is 120 Å². The van der Waals surface area contributed by atoms with Crippen LogP contribution < -0.4 is 0 Å². The number of esters is 1. The Morgan fingerprint density at radius 3 is 2.71 bits per heavy atom. The van der Waals surface area contributed by atoms with Gasteiger partial charge in [0.2, 0.25) is 0 Å². The van der Waals surface area contributed by atoms with Gasteiger partial charge in [-0.3, -0.25) is 0 Å². The van der Waals surface area contributed by atoms with E-state index in [1.54, 1.807) is 29.1 Å². The van der Waals surface area contributed by atoms with Gasteiger partial charge in [0.05, 0.1) is 19.0 Å². The normalized spacial score (nSPS) is 10.8. The summed E-state index contributed by atoms with van der Waals surface area (Å²) in [5, 5.41) is 0. The first-order valence-electron chi connectivity index (χ1n) is 6.31. The third-order valence-electron chi connectivity index (χ3n) is 3.17. The summed E-state index contributed by atoms with van der Waals surface area (Å²) in [6, 6.07) is 7.90. The number of hydrogen-bond donors (Lipinski definition) is 0. The zero-order valence-corrected chi connectivity index (χ0v) is 11.3. The third kappa shape index (κ3) is 2.47. The van der Waals surface area contributed by atoms with Crippen molar-refractivity contribution >= 4 is 17.0 Å². The summed E-state index contributed by atoms with van der Waals surface area (Å²) in [6.45, 7) is 0.465. The number of fused-ring (bicyclic) bond motifs is 1.